The van der Waals surface area contributed by atoms with Crippen molar-refractivity contribution in [2.45, 2.75) is 32.5 Å². The summed E-state index contributed by atoms with van der Waals surface area (Å²) in [6.45, 7) is 5.60. The molecule has 3 aromatic rings. The molecule has 0 radical (unpaired) electrons. The highest BCUT2D eigenvalue weighted by Crippen LogP contribution is 2.57. The summed E-state index contributed by atoms with van der Waals surface area (Å²) in [6, 6.07) is 8.39. The van der Waals surface area contributed by atoms with Crippen molar-refractivity contribution in [3.05, 3.63) is 46.5 Å². The second-order valence-electron chi connectivity index (χ2n) is 10.9. The van der Waals surface area contributed by atoms with Gasteiger partial charge in [0.05, 0.1) is 28.4 Å². The van der Waals surface area contributed by atoms with E-state index in [0.29, 0.717) is 34.5 Å². The normalized spacial score (nSPS) is 16.8. The average molecular weight is 577 g/mol. The summed E-state index contributed by atoms with van der Waals surface area (Å²) < 4.78 is 46.3. The van der Waals surface area contributed by atoms with Crippen LogP contribution in [-0.4, -0.2) is 71.5 Å². The van der Waals surface area contributed by atoms with Gasteiger partial charge in [0, 0.05) is 43.9 Å². The predicted molar refractivity (Wildman–Crippen MR) is 154 cm³/mol. The molecular weight excluding hydrogens is 540 g/mol. The van der Waals surface area contributed by atoms with E-state index >= 15 is 0 Å². The van der Waals surface area contributed by atoms with Crippen molar-refractivity contribution in [1.29, 1.82) is 0 Å². The minimum absolute atomic E-state index is 0.147. The summed E-state index contributed by atoms with van der Waals surface area (Å²) in [5, 5.41) is 0. The highest BCUT2D eigenvalue weighted by atomic mass is 16.7. The van der Waals surface area contributed by atoms with Gasteiger partial charge in [0.1, 0.15) is 0 Å². The van der Waals surface area contributed by atoms with Crippen molar-refractivity contribution in [3.8, 4) is 57.1 Å². The summed E-state index contributed by atoms with van der Waals surface area (Å²) in [5.41, 5.74) is 6.80. The topological polar surface area (TPSA) is 80.3 Å². The van der Waals surface area contributed by atoms with Crippen molar-refractivity contribution < 1.29 is 37.9 Å². The van der Waals surface area contributed by atoms with Gasteiger partial charge in [0.2, 0.25) is 25.1 Å². The minimum Gasteiger partial charge on any atom is -0.493 e. The third-order valence-corrected chi connectivity index (χ3v) is 8.60. The summed E-state index contributed by atoms with van der Waals surface area (Å²) in [5.74, 6) is 5.55. The van der Waals surface area contributed by atoms with Crippen LogP contribution in [0.1, 0.15) is 28.7 Å². The Labute approximate surface area is 245 Å². The molecule has 42 heavy (non-hydrogen) atoms. The molecule has 0 amide bonds. The fourth-order valence-electron chi connectivity index (χ4n) is 6.62. The van der Waals surface area contributed by atoms with Crippen molar-refractivity contribution in [1.82, 2.24) is 9.80 Å². The lowest BCUT2D eigenvalue weighted by atomic mass is 9.93. The van der Waals surface area contributed by atoms with Crippen LogP contribution in [-0.2, 0) is 26.1 Å². The van der Waals surface area contributed by atoms with E-state index in [1.54, 1.807) is 28.4 Å². The molecule has 0 N–H and O–H groups in total. The number of hydrogen-bond acceptors (Lipinski definition) is 10. The molecule has 3 aromatic carbocycles. The highest BCUT2D eigenvalue weighted by molar-refractivity contribution is 5.89. The number of nitrogens with zero attached hydrogens (tertiary/aromatic N) is 2. The maximum Gasteiger partial charge on any atom is 0.231 e. The van der Waals surface area contributed by atoms with Crippen LogP contribution in [0.4, 0.5) is 0 Å². The van der Waals surface area contributed by atoms with E-state index in [1.807, 2.05) is 0 Å². The van der Waals surface area contributed by atoms with Gasteiger partial charge < -0.3 is 37.9 Å². The Bertz CT molecular complexity index is 1450. The van der Waals surface area contributed by atoms with E-state index in [1.165, 1.54) is 11.1 Å². The van der Waals surface area contributed by atoms with E-state index in [0.717, 1.165) is 85.9 Å². The number of methoxy groups -OCH3 is 4. The van der Waals surface area contributed by atoms with Crippen molar-refractivity contribution in [2.75, 3.05) is 61.7 Å². The largest absolute Gasteiger partial charge is 0.493 e. The predicted octanol–water partition coefficient (Wildman–Crippen LogP) is 4.61. The molecule has 0 aliphatic carbocycles. The monoisotopic (exact) mass is 576 g/mol. The van der Waals surface area contributed by atoms with Gasteiger partial charge in [-0.15, -0.1) is 0 Å². The molecule has 10 nitrogen and oxygen atoms in total. The van der Waals surface area contributed by atoms with Gasteiger partial charge in [0.15, 0.2) is 34.5 Å². The smallest absolute Gasteiger partial charge is 0.231 e. The van der Waals surface area contributed by atoms with Crippen molar-refractivity contribution in [3.63, 3.8) is 0 Å². The highest BCUT2D eigenvalue weighted by Gasteiger charge is 2.36. The molecule has 0 spiro atoms. The van der Waals surface area contributed by atoms with E-state index in [9.17, 15) is 0 Å². The van der Waals surface area contributed by atoms with Crippen LogP contribution in [0.2, 0.25) is 0 Å². The molecule has 0 atom stereocenters. The number of hydrogen-bond donors (Lipinski definition) is 0. The lowest BCUT2D eigenvalue weighted by Gasteiger charge is -2.30. The van der Waals surface area contributed by atoms with Crippen LogP contribution in [0.5, 0.6) is 46.0 Å². The third kappa shape index (κ3) is 4.49. The fourth-order valence-corrected chi connectivity index (χ4v) is 6.62. The quantitative estimate of drug-likeness (QED) is 0.379. The van der Waals surface area contributed by atoms with E-state index < -0.39 is 0 Å². The first kappa shape index (κ1) is 26.9. The summed E-state index contributed by atoms with van der Waals surface area (Å²) in [4.78, 5) is 5.00. The first-order valence-electron chi connectivity index (χ1n) is 14.3. The summed E-state index contributed by atoms with van der Waals surface area (Å²) in [6.07, 6.45) is 2.02. The minimum atomic E-state index is 0.147. The van der Waals surface area contributed by atoms with E-state index in [4.69, 9.17) is 37.9 Å². The Morgan fingerprint density at radius 1 is 0.548 bits per heavy atom. The SMILES string of the molecule is COc1cc2c(cc1OC)CN(CCCN1Cc3cc(OC)c4c(c3-c3c(cc(OC)c5c3OCO5)C1)OCO4)CC2. The first-order chi connectivity index (χ1) is 20.6. The molecule has 0 saturated carbocycles. The van der Waals surface area contributed by atoms with Crippen LogP contribution in [0, 0.1) is 0 Å². The molecule has 4 heterocycles. The molecule has 0 bridgehead atoms. The molecule has 4 aliphatic rings. The Kier molecular flexibility index (Phi) is 7.03. The lowest BCUT2D eigenvalue weighted by molar-refractivity contribution is 0.170. The standard InChI is InChI=1S/C32H36N2O8/c1-35-23-10-19-6-9-33(14-20(19)11-24(23)36-2)7-5-8-34-15-21-12-25(37-3)29-31(41-17-39-29)27(21)28-22(16-34)13-26(38-4)30-32(28)42-18-40-30/h10-13H,5-9,14-18H2,1-4H3. The van der Waals surface area contributed by atoms with Crippen LogP contribution >= 0.6 is 0 Å². The molecule has 222 valence electrons. The van der Waals surface area contributed by atoms with Gasteiger partial charge in [0.25, 0.3) is 0 Å². The molecule has 0 fully saturated rings. The molecule has 10 heteroatoms. The Balaban J connectivity index is 1.15. The summed E-state index contributed by atoms with van der Waals surface area (Å²) in [7, 11) is 6.70. The molecule has 0 unspecified atom stereocenters. The third-order valence-electron chi connectivity index (χ3n) is 8.60. The molecule has 7 rings (SSSR count). The Morgan fingerprint density at radius 2 is 1.00 bits per heavy atom. The zero-order chi connectivity index (χ0) is 28.8. The van der Waals surface area contributed by atoms with Crippen molar-refractivity contribution in [2.24, 2.45) is 0 Å². The second kappa shape index (κ2) is 11.0. The Hall–Kier alpha value is -4.02. The van der Waals surface area contributed by atoms with Crippen LogP contribution in [0.25, 0.3) is 11.1 Å². The number of rotatable bonds is 8. The van der Waals surface area contributed by atoms with Crippen LogP contribution < -0.4 is 37.9 Å². The maximum absolute atomic E-state index is 6.05. The maximum atomic E-state index is 6.05. The summed E-state index contributed by atoms with van der Waals surface area (Å²) >= 11 is 0. The van der Waals surface area contributed by atoms with E-state index in [2.05, 4.69) is 34.1 Å². The molecule has 0 saturated heterocycles. The average Bonchev–Trinajstić information content (AvgIpc) is 3.68. The van der Waals surface area contributed by atoms with Gasteiger partial charge in [-0.1, -0.05) is 0 Å². The fraction of sp³-hybridized carbons (Fsp3) is 0.438. The van der Waals surface area contributed by atoms with Crippen LogP contribution in [0.15, 0.2) is 24.3 Å². The van der Waals surface area contributed by atoms with Crippen LogP contribution in [0.3, 0.4) is 0 Å². The van der Waals surface area contributed by atoms with Gasteiger partial charge in [-0.3, -0.25) is 9.80 Å². The zero-order valence-electron chi connectivity index (χ0n) is 24.5. The van der Waals surface area contributed by atoms with Gasteiger partial charge >= 0.3 is 0 Å². The zero-order valence-corrected chi connectivity index (χ0v) is 24.5. The first-order valence-corrected chi connectivity index (χ1v) is 14.3. The number of ether oxygens (including phenoxy) is 8. The van der Waals surface area contributed by atoms with Crippen molar-refractivity contribution >= 4 is 0 Å². The molecular formula is C32H36N2O8. The molecule has 4 aliphatic heterocycles. The second-order valence-corrected chi connectivity index (χ2v) is 10.9. The number of fused-ring (bicyclic) bond motifs is 8. The molecule has 0 aromatic heterocycles. The van der Waals surface area contributed by atoms with Gasteiger partial charge in [-0.25, -0.2) is 0 Å². The van der Waals surface area contributed by atoms with Gasteiger partial charge in [-0.05, 0) is 65.9 Å². The van der Waals surface area contributed by atoms with Gasteiger partial charge in [-0.2, -0.15) is 0 Å². The Morgan fingerprint density at radius 3 is 1.55 bits per heavy atom. The lowest BCUT2D eigenvalue weighted by Crippen LogP contribution is -2.33. The van der Waals surface area contributed by atoms with E-state index in [-0.39, 0.29) is 13.6 Å². The number of benzene rings is 3.